The number of nitrogens with one attached hydrogen (secondary N) is 1. The standard InChI is InChI=1S/C26H21ClF3N7O3S/c1-3-36-10-15(12(2)34-36)14-9-19(23(29)30)32-26-20(14)21(22(41-26)24(31)38)33-25(39)18-6-7-37(35-18)11-40-13-4-5-17(28)16(27)8-13/h4-10,23H,3,11H2,1-2H3,(H2,31,38)(H,33,39). The first-order valence-corrected chi connectivity index (χ1v) is 13.3. The lowest BCUT2D eigenvalue weighted by Crippen LogP contribution is -2.18. The van der Waals surface area contributed by atoms with Crippen LogP contribution in [0.1, 0.15) is 44.9 Å². The molecular weight excluding hydrogens is 583 g/mol. The fourth-order valence-corrected chi connectivity index (χ4v) is 5.30. The number of primary amides is 1. The van der Waals surface area contributed by atoms with Crippen molar-refractivity contribution < 1.29 is 27.5 Å². The van der Waals surface area contributed by atoms with Gasteiger partial charge in [-0.3, -0.25) is 14.3 Å². The smallest absolute Gasteiger partial charge is 0.280 e. The van der Waals surface area contributed by atoms with Crippen LogP contribution in [0.3, 0.4) is 0 Å². The van der Waals surface area contributed by atoms with Crippen molar-refractivity contribution in [1.29, 1.82) is 0 Å². The summed E-state index contributed by atoms with van der Waals surface area (Å²) in [6, 6.07) is 6.49. The Bertz CT molecular complexity index is 1800. The molecule has 5 aromatic rings. The molecular formula is C26H21ClF3N7O3S. The molecule has 0 aliphatic heterocycles. The Kier molecular flexibility index (Phi) is 7.69. The van der Waals surface area contributed by atoms with E-state index in [4.69, 9.17) is 22.1 Å². The highest BCUT2D eigenvalue weighted by Crippen LogP contribution is 2.43. The zero-order chi connectivity index (χ0) is 29.4. The third kappa shape index (κ3) is 5.60. The second-order valence-electron chi connectivity index (χ2n) is 8.77. The van der Waals surface area contributed by atoms with Crippen LogP contribution in [0.4, 0.5) is 18.9 Å². The largest absolute Gasteiger partial charge is 0.471 e. The van der Waals surface area contributed by atoms with Crippen molar-refractivity contribution >= 4 is 50.7 Å². The number of thiophene rings is 1. The van der Waals surface area contributed by atoms with Gasteiger partial charge in [0.2, 0.25) is 0 Å². The zero-order valence-electron chi connectivity index (χ0n) is 21.5. The Morgan fingerprint density at radius 3 is 2.61 bits per heavy atom. The summed E-state index contributed by atoms with van der Waals surface area (Å²) in [5.74, 6) is -1.86. The van der Waals surface area contributed by atoms with Crippen molar-refractivity contribution in [2.24, 2.45) is 5.73 Å². The Morgan fingerprint density at radius 1 is 1.17 bits per heavy atom. The number of hydrogen-bond donors (Lipinski definition) is 2. The van der Waals surface area contributed by atoms with E-state index in [1.54, 1.807) is 17.8 Å². The summed E-state index contributed by atoms with van der Waals surface area (Å²) in [5.41, 5.74) is 6.53. The molecule has 0 saturated heterocycles. The van der Waals surface area contributed by atoms with Crippen molar-refractivity contribution in [1.82, 2.24) is 24.5 Å². The van der Waals surface area contributed by atoms with Crippen LogP contribution in [-0.2, 0) is 13.3 Å². The number of anilines is 1. The lowest BCUT2D eigenvalue weighted by Gasteiger charge is -2.10. The van der Waals surface area contributed by atoms with Crippen molar-refractivity contribution in [2.45, 2.75) is 33.5 Å². The number of ether oxygens (including phenoxy) is 1. The maximum absolute atomic E-state index is 13.8. The second kappa shape index (κ2) is 11.2. The van der Waals surface area contributed by atoms with E-state index in [2.05, 4.69) is 20.5 Å². The predicted octanol–water partition coefficient (Wildman–Crippen LogP) is 5.80. The minimum Gasteiger partial charge on any atom is -0.471 e. The minimum absolute atomic E-state index is 0.0289. The number of pyridine rings is 1. The molecule has 0 aliphatic rings. The van der Waals surface area contributed by atoms with Crippen LogP contribution in [-0.4, -0.2) is 36.4 Å². The zero-order valence-corrected chi connectivity index (χ0v) is 23.1. The summed E-state index contributed by atoms with van der Waals surface area (Å²) in [7, 11) is 0. The van der Waals surface area contributed by atoms with Gasteiger partial charge in [0.1, 0.15) is 27.0 Å². The first-order valence-electron chi connectivity index (χ1n) is 12.1. The molecule has 0 atom stereocenters. The average Bonchev–Trinajstić information content (AvgIpc) is 3.66. The number of halogens is 4. The number of alkyl halides is 2. The summed E-state index contributed by atoms with van der Waals surface area (Å²) >= 11 is 6.57. The lowest BCUT2D eigenvalue weighted by atomic mass is 10.0. The van der Waals surface area contributed by atoms with Crippen LogP contribution in [0, 0.1) is 12.7 Å². The molecule has 4 heterocycles. The topological polar surface area (TPSA) is 130 Å². The molecule has 3 N–H and O–H groups in total. The predicted molar refractivity (Wildman–Crippen MR) is 147 cm³/mol. The van der Waals surface area contributed by atoms with Crippen LogP contribution < -0.4 is 15.8 Å². The molecule has 0 fully saturated rings. The Morgan fingerprint density at radius 2 is 1.95 bits per heavy atom. The van der Waals surface area contributed by atoms with Crippen LogP contribution >= 0.6 is 22.9 Å². The third-order valence-electron chi connectivity index (χ3n) is 6.06. The number of benzene rings is 1. The third-order valence-corrected chi connectivity index (χ3v) is 7.44. The molecule has 0 aliphatic carbocycles. The summed E-state index contributed by atoms with van der Waals surface area (Å²) in [4.78, 5) is 29.7. The normalized spacial score (nSPS) is 11.4. The van der Waals surface area contributed by atoms with Gasteiger partial charge in [0.15, 0.2) is 12.4 Å². The maximum atomic E-state index is 13.8. The van der Waals surface area contributed by atoms with E-state index in [0.717, 1.165) is 17.4 Å². The van der Waals surface area contributed by atoms with E-state index in [9.17, 15) is 22.8 Å². The summed E-state index contributed by atoms with van der Waals surface area (Å²) in [6.07, 6.45) is 0.294. The van der Waals surface area contributed by atoms with Gasteiger partial charge in [-0.15, -0.1) is 11.3 Å². The second-order valence-corrected chi connectivity index (χ2v) is 10.2. The molecule has 212 valence electrons. The van der Waals surface area contributed by atoms with Gasteiger partial charge < -0.3 is 15.8 Å². The molecule has 15 heteroatoms. The van der Waals surface area contributed by atoms with E-state index in [1.165, 1.54) is 35.1 Å². The van der Waals surface area contributed by atoms with Crippen LogP contribution in [0.15, 0.2) is 42.7 Å². The van der Waals surface area contributed by atoms with E-state index in [0.29, 0.717) is 29.1 Å². The SMILES string of the molecule is CCn1cc(-c2cc(C(F)F)nc3sc(C(N)=O)c(NC(=O)c4ccn(COc5ccc(F)c(Cl)c5)n4)c23)c(C)n1. The quantitative estimate of drug-likeness (QED) is 0.219. The fourth-order valence-electron chi connectivity index (χ4n) is 4.12. The van der Waals surface area contributed by atoms with E-state index in [1.807, 2.05) is 6.92 Å². The van der Waals surface area contributed by atoms with E-state index >= 15 is 0 Å². The molecule has 4 aromatic heterocycles. The number of fused-ring (bicyclic) bond motifs is 1. The summed E-state index contributed by atoms with van der Waals surface area (Å²) in [5, 5.41) is 11.4. The number of carbonyl (C=O) groups excluding carboxylic acids is 2. The van der Waals surface area contributed by atoms with Crippen LogP contribution in [0.5, 0.6) is 5.75 Å². The highest BCUT2D eigenvalue weighted by atomic mass is 35.5. The summed E-state index contributed by atoms with van der Waals surface area (Å²) < 4.78 is 49.4. The first kappa shape index (κ1) is 28.1. The van der Waals surface area contributed by atoms with Crippen molar-refractivity contribution in [3.8, 4) is 16.9 Å². The monoisotopic (exact) mass is 603 g/mol. The molecule has 0 radical (unpaired) electrons. The Labute approximate surface area is 239 Å². The molecule has 2 amide bonds. The average molecular weight is 604 g/mol. The molecule has 1 aromatic carbocycles. The number of nitrogens with two attached hydrogens (primary N) is 1. The van der Waals surface area contributed by atoms with Gasteiger partial charge in [0.05, 0.1) is 16.4 Å². The fraction of sp³-hybridized carbons (Fsp3) is 0.192. The van der Waals surface area contributed by atoms with Crippen LogP contribution in [0.2, 0.25) is 5.02 Å². The van der Waals surface area contributed by atoms with Gasteiger partial charge in [-0.1, -0.05) is 11.6 Å². The van der Waals surface area contributed by atoms with Gasteiger partial charge in [-0.2, -0.15) is 10.2 Å². The van der Waals surface area contributed by atoms with Crippen molar-refractivity contribution in [2.75, 3.05) is 5.32 Å². The lowest BCUT2D eigenvalue weighted by molar-refractivity contribution is 0.100. The number of hydrogen-bond acceptors (Lipinski definition) is 7. The number of aromatic nitrogens is 5. The van der Waals surface area contributed by atoms with Gasteiger partial charge in [0.25, 0.3) is 18.2 Å². The number of carbonyl (C=O) groups is 2. The highest BCUT2D eigenvalue weighted by molar-refractivity contribution is 7.21. The Balaban J connectivity index is 1.50. The number of aryl methyl sites for hydroxylation is 2. The molecule has 5 rings (SSSR count). The van der Waals surface area contributed by atoms with Gasteiger partial charge in [-0.25, -0.2) is 22.8 Å². The van der Waals surface area contributed by atoms with Gasteiger partial charge >= 0.3 is 0 Å². The maximum Gasteiger partial charge on any atom is 0.280 e. The van der Waals surface area contributed by atoms with Crippen molar-refractivity contribution in [3.05, 3.63) is 75.5 Å². The molecule has 0 spiro atoms. The number of rotatable bonds is 9. The van der Waals surface area contributed by atoms with E-state index in [-0.39, 0.29) is 38.2 Å². The molecule has 0 unspecified atom stereocenters. The van der Waals surface area contributed by atoms with Crippen LogP contribution in [0.25, 0.3) is 21.3 Å². The minimum atomic E-state index is -2.88. The van der Waals surface area contributed by atoms with Gasteiger partial charge in [-0.05, 0) is 43.7 Å². The molecule has 10 nitrogen and oxygen atoms in total. The highest BCUT2D eigenvalue weighted by Gasteiger charge is 2.27. The molecule has 0 bridgehead atoms. The molecule has 0 saturated carbocycles. The Hall–Kier alpha value is -4.43. The van der Waals surface area contributed by atoms with Crippen molar-refractivity contribution in [3.63, 3.8) is 0 Å². The number of amides is 2. The summed E-state index contributed by atoms with van der Waals surface area (Å²) in [6.45, 7) is 4.03. The molecule has 41 heavy (non-hydrogen) atoms. The van der Waals surface area contributed by atoms with Gasteiger partial charge in [0, 0.05) is 36.0 Å². The van der Waals surface area contributed by atoms with E-state index < -0.39 is 29.8 Å². The number of nitrogens with zero attached hydrogens (tertiary/aromatic N) is 5. The first-order chi connectivity index (χ1) is 19.5.